The average molecular weight is 481 g/mol. The van der Waals surface area contributed by atoms with Gasteiger partial charge in [0.25, 0.3) is 5.91 Å². The highest BCUT2D eigenvalue weighted by Crippen LogP contribution is 2.34. The van der Waals surface area contributed by atoms with Crippen LogP contribution in [0.4, 0.5) is 19.0 Å². The van der Waals surface area contributed by atoms with Crippen LogP contribution in [0.15, 0.2) is 24.4 Å². The summed E-state index contributed by atoms with van der Waals surface area (Å²) in [4.78, 5) is 27.0. The van der Waals surface area contributed by atoms with Crippen molar-refractivity contribution < 1.29 is 45.8 Å². The first-order chi connectivity index (χ1) is 14.9. The molecular formula is C18H22F3N3O7S. The number of ether oxygens (including phenoxy) is 2. The summed E-state index contributed by atoms with van der Waals surface area (Å²) >= 11 is 0. The number of carbonyl (C=O) groups excluding carboxylic acids is 1. The number of aliphatic carboxylic acids is 1. The fraction of sp³-hybridized carbons (Fsp3) is 0.611. The van der Waals surface area contributed by atoms with Gasteiger partial charge < -0.3 is 14.6 Å². The zero-order chi connectivity index (χ0) is 23.6. The van der Waals surface area contributed by atoms with Gasteiger partial charge in [-0.1, -0.05) is 6.07 Å². The molecule has 178 valence electrons. The van der Waals surface area contributed by atoms with Crippen LogP contribution in [0.3, 0.4) is 0 Å². The van der Waals surface area contributed by atoms with Crippen molar-refractivity contribution in [2.75, 3.05) is 44.4 Å². The van der Waals surface area contributed by atoms with E-state index in [-0.39, 0.29) is 37.5 Å². The van der Waals surface area contributed by atoms with Crippen LogP contribution in [0.1, 0.15) is 12.8 Å². The standard InChI is InChI=1S/C16H21N3O5S.C2HF3O2/c20-15-9-24-16(11-19(15)14-3-1-2-6-17-14)10-18(7-8-23-12-16)25(21,22)13-4-5-13;3-2(4,5)1(6)7/h1-3,6,13H,4-5,7-12H2;(H,6,7). The molecule has 2 aliphatic heterocycles. The number of rotatable bonds is 3. The van der Waals surface area contributed by atoms with E-state index in [1.807, 2.05) is 6.07 Å². The van der Waals surface area contributed by atoms with E-state index in [4.69, 9.17) is 19.4 Å². The number of carboxylic acid groups (broad SMARTS) is 1. The molecule has 1 saturated carbocycles. The third kappa shape index (κ3) is 5.74. The van der Waals surface area contributed by atoms with Crippen molar-refractivity contribution >= 4 is 27.7 Å². The molecule has 4 rings (SSSR count). The Hall–Kier alpha value is -2.29. The quantitative estimate of drug-likeness (QED) is 0.667. The Balaban J connectivity index is 0.000000360. The molecule has 10 nitrogen and oxygen atoms in total. The fourth-order valence-corrected chi connectivity index (χ4v) is 5.18. The van der Waals surface area contributed by atoms with Gasteiger partial charge in [-0.05, 0) is 25.0 Å². The Labute approximate surface area is 182 Å². The zero-order valence-corrected chi connectivity index (χ0v) is 17.6. The topological polar surface area (TPSA) is 126 Å². The lowest BCUT2D eigenvalue weighted by atomic mass is 10.0. The molecule has 14 heteroatoms. The number of morpholine rings is 1. The number of alkyl halides is 3. The Morgan fingerprint density at radius 3 is 2.50 bits per heavy atom. The lowest BCUT2D eigenvalue weighted by molar-refractivity contribution is -0.192. The number of amides is 1. The number of nitrogens with zero attached hydrogens (tertiary/aromatic N) is 3. The van der Waals surface area contributed by atoms with Gasteiger partial charge in [0.1, 0.15) is 18.0 Å². The molecule has 1 aliphatic carbocycles. The van der Waals surface area contributed by atoms with Crippen LogP contribution >= 0.6 is 0 Å². The minimum atomic E-state index is -5.08. The first-order valence-electron chi connectivity index (χ1n) is 9.67. The van der Waals surface area contributed by atoms with E-state index in [0.717, 1.165) is 0 Å². The molecule has 0 radical (unpaired) electrons. The highest BCUT2D eigenvalue weighted by atomic mass is 32.2. The minimum absolute atomic E-state index is 0.114. The summed E-state index contributed by atoms with van der Waals surface area (Å²) in [6, 6.07) is 5.35. The molecule has 3 aliphatic rings. The summed E-state index contributed by atoms with van der Waals surface area (Å²) in [5, 5.41) is 6.85. The van der Waals surface area contributed by atoms with Crippen molar-refractivity contribution in [3.8, 4) is 0 Å². The van der Waals surface area contributed by atoms with E-state index in [9.17, 15) is 26.4 Å². The highest BCUT2D eigenvalue weighted by molar-refractivity contribution is 7.90. The largest absolute Gasteiger partial charge is 0.490 e. The van der Waals surface area contributed by atoms with Gasteiger partial charge in [0, 0.05) is 19.3 Å². The van der Waals surface area contributed by atoms with E-state index < -0.39 is 27.8 Å². The molecule has 1 spiro atoms. The van der Waals surface area contributed by atoms with Gasteiger partial charge in [-0.2, -0.15) is 17.5 Å². The minimum Gasteiger partial charge on any atom is -0.475 e. The molecule has 1 N–H and O–H groups in total. The van der Waals surface area contributed by atoms with Gasteiger partial charge in [0.05, 0.1) is 25.0 Å². The third-order valence-corrected chi connectivity index (χ3v) is 7.38. The second-order valence-corrected chi connectivity index (χ2v) is 9.79. The molecule has 0 bridgehead atoms. The van der Waals surface area contributed by atoms with E-state index in [2.05, 4.69) is 4.98 Å². The van der Waals surface area contributed by atoms with Crippen LogP contribution in [-0.4, -0.2) is 91.2 Å². The average Bonchev–Trinajstić information content (AvgIpc) is 3.59. The first kappa shape index (κ1) is 24.4. The molecule has 3 fully saturated rings. The number of aromatic nitrogens is 1. The number of hydrogen-bond acceptors (Lipinski definition) is 7. The van der Waals surface area contributed by atoms with Crippen molar-refractivity contribution in [3.63, 3.8) is 0 Å². The van der Waals surface area contributed by atoms with Crippen molar-refractivity contribution in [2.45, 2.75) is 29.9 Å². The van der Waals surface area contributed by atoms with E-state index in [1.54, 1.807) is 23.2 Å². The monoisotopic (exact) mass is 481 g/mol. The first-order valence-corrected chi connectivity index (χ1v) is 11.2. The molecule has 1 aromatic rings. The van der Waals surface area contributed by atoms with Crippen molar-refractivity contribution in [1.29, 1.82) is 0 Å². The Morgan fingerprint density at radius 2 is 1.94 bits per heavy atom. The van der Waals surface area contributed by atoms with Crippen LogP contribution in [0.25, 0.3) is 0 Å². The lowest BCUT2D eigenvalue weighted by Gasteiger charge is -2.42. The van der Waals surface area contributed by atoms with Crippen LogP contribution in [0.2, 0.25) is 0 Å². The van der Waals surface area contributed by atoms with Gasteiger partial charge in [0.15, 0.2) is 0 Å². The van der Waals surface area contributed by atoms with Crippen molar-refractivity contribution in [1.82, 2.24) is 9.29 Å². The van der Waals surface area contributed by atoms with Crippen LogP contribution < -0.4 is 4.90 Å². The second kappa shape index (κ2) is 9.29. The number of pyridine rings is 1. The molecule has 3 heterocycles. The summed E-state index contributed by atoms with van der Waals surface area (Å²) in [5.41, 5.74) is -0.871. The summed E-state index contributed by atoms with van der Waals surface area (Å²) in [7, 11) is -3.33. The lowest BCUT2D eigenvalue weighted by Crippen LogP contribution is -2.61. The van der Waals surface area contributed by atoms with E-state index in [1.165, 1.54) is 4.31 Å². The van der Waals surface area contributed by atoms with Crippen LogP contribution in [0.5, 0.6) is 0 Å². The van der Waals surface area contributed by atoms with Crippen LogP contribution in [0, 0.1) is 0 Å². The molecule has 0 aromatic carbocycles. The van der Waals surface area contributed by atoms with E-state index in [0.29, 0.717) is 31.8 Å². The number of carboxylic acids is 1. The fourth-order valence-electron chi connectivity index (χ4n) is 3.28. The zero-order valence-electron chi connectivity index (χ0n) is 16.8. The molecule has 1 unspecified atom stereocenters. The second-order valence-electron chi connectivity index (χ2n) is 7.57. The summed E-state index contributed by atoms with van der Waals surface area (Å²) in [6.07, 6.45) is -2.03. The molecule has 1 atom stereocenters. The van der Waals surface area contributed by atoms with Gasteiger partial charge in [-0.3, -0.25) is 9.69 Å². The van der Waals surface area contributed by atoms with Gasteiger partial charge in [0.2, 0.25) is 10.0 Å². The predicted octanol–water partition coefficient (Wildman–Crippen LogP) is 0.641. The van der Waals surface area contributed by atoms with Gasteiger partial charge in [-0.25, -0.2) is 18.2 Å². The van der Waals surface area contributed by atoms with Crippen molar-refractivity contribution in [3.05, 3.63) is 24.4 Å². The smallest absolute Gasteiger partial charge is 0.475 e. The van der Waals surface area contributed by atoms with Crippen LogP contribution in [-0.2, 0) is 29.1 Å². The number of carbonyl (C=O) groups is 2. The SMILES string of the molecule is O=C(O)C(F)(F)F.O=C1COC2(COCCN(S(=O)(=O)C3CC3)C2)CN1c1ccccn1. The number of halogens is 3. The normalized spacial score (nSPS) is 25.1. The number of anilines is 1. The summed E-state index contributed by atoms with van der Waals surface area (Å²) in [5.74, 6) is -2.41. The van der Waals surface area contributed by atoms with Gasteiger partial charge in [-0.15, -0.1) is 0 Å². The number of hydrogen-bond donors (Lipinski definition) is 1. The Kier molecular flexibility index (Phi) is 7.07. The highest BCUT2D eigenvalue weighted by Gasteiger charge is 2.48. The van der Waals surface area contributed by atoms with E-state index >= 15 is 0 Å². The summed E-state index contributed by atoms with van der Waals surface area (Å²) < 4.78 is 70.0. The maximum Gasteiger partial charge on any atom is 0.490 e. The predicted molar refractivity (Wildman–Crippen MR) is 103 cm³/mol. The van der Waals surface area contributed by atoms with Crippen molar-refractivity contribution in [2.24, 2.45) is 0 Å². The Bertz CT molecular complexity index is 941. The van der Waals surface area contributed by atoms with Gasteiger partial charge >= 0.3 is 12.1 Å². The maximum atomic E-state index is 12.7. The molecule has 1 aromatic heterocycles. The molecular weight excluding hydrogens is 459 g/mol. The molecule has 1 amide bonds. The molecule has 32 heavy (non-hydrogen) atoms. The molecule has 2 saturated heterocycles. The maximum absolute atomic E-state index is 12.7. The number of sulfonamides is 1. The summed E-state index contributed by atoms with van der Waals surface area (Å²) in [6.45, 7) is 1.20. The Morgan fingerprint density at radius 1 is 1.25 bits per heavy atom. The third-order valence-electron chi connectivity index (χ3n) is 5.04.